The van der Waals surface area contributed by atoms with Gasteiger partial charge in [-0.25, -0.2) is 0 Å². The van der Waals surface area contributed by atoms with Gasteiger partial charge in [-0.1, -0.05) is 5.46 Å². The first-order valence-corrected chi connectivity index (χ1v) is 2.75. The van der Waals surface area contributed by atoms with E-state index in [0.29, 0.717) is 0 Å². The molecule has 0 atom stereocenters. The second kappa shape index (κ2) is 4.13. The Kier molecular flexibility index (Phi) is 4.42. The fourth-order valence-electron chi connectivity index (χ4n) is 0.635. The van der Waals surface area contributed by atoms with Gasteiger partial charge in [0, 0.05) is 0 Å². The molecule has 11 heavy (non-hydrogen) atoms. The van der Waals surface area contributed by atoms with Crippen molar-refractivity contribution in [2.75, 3.05) is 0 Å². The van der Waals surface area contributed by atoms with E-state index in [-0.39, 0.29) is 57.1 Å². The van der Waals surface area contributed by atoms with Crippen LogP contribution in [0.25, 0.3) is 0 Å². The molecule has 1 aromatic rings. The van der Waals surface area contributed by atoms with Crippen molar-refractivity contribution in [3.8, 4) is 0 Å². The maximum atomic E-state index is 11.8. The maximum absolute atomic E-state index is 11.8. The SMILES string of the molecule is Cc1cc([B-](F)(F)F)co1.[K+]. The Hall–Kier alpha value is 0.771. The van der Waals surface area contributed by atoms with Crippen LogP contribution in [0.3, 0.4) is 0 Å². The molecule has 1 rings (SSSR count). The topological polar surface area (TPSA) is 13.1 Å². The van der Waals surface area contributed by atoms with E-state index in [1.54, 1.807) is 0 Å². The predicted octanol–water partition coefficient (Wildman–Crippen LogP) is -1.35. The summed E-state index contributed by atoms with van der Waals surface area (Å²) in [5.74, 6) is 0.286. The Balaban J connectivity index is 0.000001000. The van der Waals surface area contributed by atoms with E-state index in [2.05, 4.69) is 4.42 Å². The minimum atomic E-state index is -4.88. The zero-order valence-electron chi connectivity index (χ0n) is 6.27. The molecule has 1 heterocycles. The van der Waals surface area contributed by atoms with Gasteiger partial charge in [-0.05, 0) is 13.0 Å². The van der Waals surface area contributed by atoms with Crippen LogP contribution >= 0.6 is 0 Å². The van der Waals surface area contributed by atoms with Crippen LogP contribution in [0.2, 0.25) is 0 Å². The molecule has 0 bridgehead atoms. The van der Waals surface area contributed by atoms with Crippen LogP contribution in [0, 0.1) is 6.92 Å². The smallest absolute Gasteiger partial charge is 0.473 e. The van der Waals surface area contributed by atoms with Crippen molar-refractivity contribution < 1.29 is 68.7 Å². The minimum absolute atomic E-state index is 0. The van der Waals surface area contributed by atoms with Crippen molar-refractivity contribution in [2.24, 2.45) is 0 Å². The van der Waals surface area contributed by atoms with Crippen molar-refractivity contribution >= 4 is 12.4 Å². The van der Waals surface area contributed by atoms with Crippen molar-refractivity contribution in [3.63, 3.8) is 0 Å². The van der Waals surface area contributed by atoms with Crippen molar-refractivity contribution in [1.82, 2.24) is 0 Å². The standard InChI is InChI=1S/C5H5BF3O.K/c1-4-2-5(3-10-4)6(7,8)9;/h2-3H,1H3;/q-1;+1. The molecule has 0 spiro atoms. The van der Waals surface area contributed by atoms with E-state index in [9.17, 15) is 12.9 Å². The van der Waals surface area contributed by atoms with Crippen LogP contribution in [0.15, 0.2) is 16.7 Å². The van der Waals surface area contributed by atoms with Crippen molar-refractivity contribution in [2.45, 2.75) is 6.92 Å². The molecule has 0 fully saturated rings. The molecule has 0 aromatic carbocycles. The van der Waals surface area contributed by atoms with Gasteiger partial charge in [0.05, 0.1) is 12.0 Å². The summed E-state index contributed by atoms with van der Waals surface area (Å²) < 4.78 is 39.9. The quantitative estimate of drug-likeness (QED) is 0.496. The molecule has 6 heteroatoms. The second-order valence-electron chi connectivity index (χ2n) is 2.07. The van der Waals surface area contributed by atoms with Gasteiger partial charge in [-0.3, -0.25) is 0 Å². The van der Waals surface area contributed by atoms with Crippen LogP contribution in [0.5, 0.6) is 0 Å². The van der Waals surface area contributed by atoms with E-state index in [4.69, 9.17) is 0 Å². The van der Waals surface area contributed by atoms with Crippen LogP contribution < -0.4 is 56.8 Å². The third-order valence-electron chi connectivity index (χ3n) is 1.13. The van der Waals surface area contributed by atoms with Crippen molar-refractivity contribution in [1.29, 1.82) is 0 Å². The fraction of sp³-hybridized carbons (Fsp3) is 0.200. The third kappa shape index (κ3) is 3.33. The molecule has 0 unspecified atom stereocenters. The van der Waals surface area contributed by atoms with Crippen LogP contribution in [-0.4, -0.2) is 6.98 Å². The Morgan fingerprint density at radius 3 is 2.09 bits per heavy atom. The van der Waals surface area contributed by atoms with Gasteiger partial charge in [-0.2, -0.15) is 0 Å². The van der Waals surface area contributed by atoms with Gasteiger partial charge in [0.2, 0.25) is 0 Å². The predicted molar refractivity (Wildman–Crippen MR) is 32.2 cm³/mol. The molecule has 56 valence electrons. The van der Waals surface area contributed by atoms with Gasteiger partial charge in [-0.15, -0.1) is 0 Å². The number of rotatable bonds is 1. The van der Waals surface area contributed by atoms with Gasteiger partial charge in [0.15, 0.2) is 0 Å². The molecule has 0 saturated carbocycles. The Morgan fingerprint density at radius 2 is 1.91 bits per heavy atom. The van der Waals surface area contributed by atoms with Crippen LogP contribution in [0.1, 0.15) is 5.76 Å². The molecule has 0 radical (unpaired) electrons. The number of halogens is 3. The first-order valence-electron chi connectivity index (χ1n) is 2.75. The summed E-state index contributed by atoms with van der Waals surface area (Å²) in [6.45, 7) is -3.40. The van der Waals surface area contributed by atoms with E-state index < -0.39 is 12.4 Å². The fourth-order valence-corrected chi connectivity index (χ4v) is 0.635. The van der Waals surface area contributed by atoms with E-state index in [1.165, 1.54) is 6.92 Å². The molecule has 1 nitrogen and oxygen atoms in total. The Morgan fingerprint density at radius 1 is 1.36 bits per heavy atom. The number of hydrogen-bond donors (Lipinski definition) is 0. The van der Waals surface area contributed by atoms with Crippen LogP contribution in [-0.2, 0) is 0 Å². The number of furan rings is 1. The molecule has 0 aliphatic rings. The largest absolute Gasteiger partial charge is 1.00 e. The molecule has 0 aliphatic carbocycles. The summed E-state index contributed by atoms with van der Waals surface area (Å²) >= 11 is 0. The van der Waals surface area contributed by atoms with Gasteiger partial charge in [0.1, 0.15) is 0 Å². The van der Waals surface area contributed by atoms with Gasteiger partial charge >= 0.3 is 58.4 Å². The minimum Gasteiger partial charge on any atom is -0.473 e. The monoisotopic (exact) mass is 188 g/mol. The van der Waals surface area contributed by atoms with E-state index in [0.717, 1.165) is 12.3 Å². The van der Waals surface area contributed by atoms with Crippen LogP contribution in [0.4, 0.5) is 12.9 Å². The van der Waals surface area contributed by atoms with Gasteiger partial charge < -0.3 is 17.4 Å². The van der Waals surface area contributed by atoms with Crippen molar-refractivity contribution in [3.05, 3.63) is 18.1 Å². The molecule has 0 N–H and O–H groups in total. The summed E-state index contributed by atoms with van der Waals surface area (Å²) in [5, 5.41) is 0. The average molecular weight is 188 g/mol. The van der Waals surface area contributed by atoms with Gasteiger partial charge in [0.25, 0.3) is 0 Å². The molecule has 0 amide bonds. The summed E-state index contributed by atoms with van der Waals surface area (Å²) in [7, 11) is 0. The Bertz CT molecular complexity index is 232. The first kappa shape index (κ1) is 11.8. The normalized spacial score (nSPS) is 10.9. The molecule has 1 aromatic heterocycles. The average Bonchev–Trinajstić information content (AvgIpc) is 2.11. The summed E-state index contributed by atoms with van der Waals surface area (Å²) in [5.41, 5.74) is -0.669. The molecule has 0 saturated heterocycles. The number of hydrogen-bond acceptors (Lipinski definition) is 1. The molecule has 0 aliphatic heterocycles. The number of aryl methyl sites for hydroxylation is 1. The summed E-state index contributed by atoms with van der Waals surface area (Å²) in [6, 6.07) is 0.986. The third-order valence-corrected chi connectivity index (χ3v) is 1.13. The first-order chi connectivity index (χ1) is 4.50. The zero-order valence-corrected chi connectivity index (χ0v) is 9.40. The summed E-state index contributed by atoms with van der Waals surface area (Å²) in [4.78, 5) is 0. The summed E-state index contributed by atoms with van der Waals surface area (Å²) in [6.07, 6.45) is 0.731. The maximum Gasteiger partial charge on any atom is 1.00 e. The van der Waals surface area contributed by atoms with E-state index in [1.807, 2.05) is 0 Å². The Labute approximate surface area is 105 Å². The van der Waals surface area contributed by atoms with E-state index >= 15 is 0 Å². The second-order valence-corrected chi connectivity index (χ2v) is 2.07. The molecular weight excluding hydrogens is 183 g/mol. The molecular formula is C5H5BF3KO. The zero-order chi connectivity index (χ0) is 7.78.